The van der Waals surface area contributed by atoms with E-state index in [1.54, 1.807) is 12.4 Å². The van der Waals surface area contributed by atoms with Crippen LogP contribution in [-0.4, -0.2) is 57.3 Å². The fourth-order valence-corrected chi connectivity index (χ4v) is 4.70. The molecule has 2 atom stereocenters. The van der Waals surface area contributed by atoms with Gasteiger partial charge in [-0.3, -0.25) is 14.6 Å². The van der Waals surface area contributed by atoms with Gasteiger partial charge in [-0.1, -0.05) is 12.8 Å². The van der Waals surface area contributed by atoms with E-state index in [1.165, 1.54) is 31.9 Å². The summed E-state index contributed by atoms with van der Waals surface area (Å²) < 4.78 is 0. The number of aromatic nitrogens is 2. The Kier molecular flexibility index (Phi) is 4.68. The molecule has 0 spiro atoms. The second-order valence-corrected chi connectivity index (χ2v) is 7.80. The van der Waals surface area contributed by atoms with Crippen LogP contribution in [0.4, 0.5) is 0 Å². The first-order chi connectivity index (χ1) is 12.2. The summed E-state index contributed by atoms with van der Waals surface area (Å²) in [5.74, 6) is 1.20. The number of hydrogen-bond acceptors (Lipinski definition) is 4. The summed E-state index contributed by atoms with van der Waals surface area (Å²) in [4.78, 5) is 37.7. The Morgan fingerprint density at radius 1 is 1.04 bits per heavy atom. The summed E-state index contributed by atoms with van der Waals surface area (Å²) >= 11 is 0. The van der Waals surface area contributed by atoms with Crippen molar-refractivity contribution in [3.05, 3.63) is 24.3 Å². The third-order valence-electron chi connectivity index (χ3n) is 6.04. The first-order valence-corrected chi connectivity index (χ1v) is 9.55. The van der Waals surface area contributed by atoms with E-state index in [2.05, 4.69) is 14.9 Å². The van der Waals surface area contributed by atoms with E-state index < -0.39 is 0 Å². The molecule has 2 bridgehead atoms. The Morgan fingerprint density at radius 2 is 1.88 bits per heavy atom. The van der Waals surface area contributed by atoms with E-state index >= 15 is 0 Å². The molecule has 4 fully saturated rings. The quantitative estimate of drug-likeness (QED) is 0.844. The predicted octanol–water partition coefficient (Wildman–Crippen LogP) is 2.12. The van der Waals surface area contributed by atoms with E-state index in [1.807, 2.05) is 4.90 Å². The van der Waals surface area contributed by atoms with Gasteiger partial charge in [-0.15, -0.1) is 0 Å². The fraction of sp³-hybridized carbons (Fsp3) is 0.684. The molecule has 1 saturated carbocycles. The minimum absolute atomic E-state index is 0.0601. The van der Waals surface area contributed by atoms with Crippen LogP contribution < -0.4 is 0 Å². The third kappa shape index (κ3) is 3.53. The molecule has 0 aromatic carbocycles. The lowest BCUT2D eigenvalue weighted by Gasteiger charge is -2.36. The van der Waals surface area contributed by atoms with Crippen molar-refractivity contribution < 1.29 is 9.59 Å². The van der Waals surface area contributed by atoms with Crippen LogP contribution in [-0.2, 0) is 4.79 Å². The van der Waals surface area contributed by atoms with Crippen molar-refractivity contribution in [1.82, 2.24) is 19.8 Å². The molecule has 6 heteroatoms. The van der Waals surface area contributed by atoms with Crippen molar-refractivity contribution in [2.75, 3.05) is 19.6 Å². The van der Waals surface area contributed by atoms with Crippen LogP contribution in [0.1, 0.15) is 55.4 Å². The highest BCUT2D eigenvalue weighted by atomic mass is 16.2. The predicted molar refractivity (Wildman–Crippen MR) is 92.7 cm³/mol. The first kappa shape index (κ1) is 16.5. The van der Waals surface area contributed by atoms with Crippen molar-refractivity contribution in [1.29, 1.82) is 0 Å². The lowest BCUT2D eigenvalue weighted by atomic mass is 9.93. The van der Waals surface area contributed by atoms with Gasteiger partial charge < -0.3 is 9.80 Å². The average molecular weight is 342 g/mol. The lowest BCUT2D eigenvalue weighted by Crippen LogP contribution is -2.48. The second kappa shape index (κ2) is 7.10. The summed E-state index contributed by atoms with van der Waals surface area (Å²) in [5.41, 5.74) is 0.396. The molecule has 25 heavy (non-hydrogen) atoms. The van der Waals surface area contributed by atoms with Gasteiger partial charge in [0.25, 0.3) is 5.91 Å². The van der Waals surface area contributed by atoms with Crippen LogP contribution in [0.15, 0.2) is 18.6 Å². The number of fused-ring (bicyclic) bond motifs is 4. The van der Waals surface area contributed by atoms with Gasteiger partial charge in [-0.2, -0.15) is 0 Å². The summed E-state index contributed by atoms with van der Waals surface area (Å²) in [5, 5.41) is 0. The minimum atomic E-state index is -0.0601. The maximum Gasteiger partial charge on any atom is 0.274 e. The van der Waals surface area contributed by atoms with Crippen molar-refractivity contribution in [2.45, 2.75) is 51.0 Å². The molecular weight excluding hydrogens is 316 g/mol. The number of nitrogens with zero attached hydrogens (tertiary/aromatic N) is 4. The van der Waals surface area contributed by atoms with E-state index in [-0.39, 0.29) is 11.9 Å². The Labute approximate surface area is 148 Å². The molecule has 134 valence electrons. The van der Waals surface area contributed by atoms with Crippen LogP contribution in [0.5, 0.6) is 0 Å². The number of carbonyl (C=O) groups excluding carboxylic acids is 2. The second-order valence-electron chi connectivity index (χ2n) is 7.80. The maximum absolute atomic E-state index is 12.8. The first-order valence-electron chi connectivity index (χ1n) is 9.55. The average Bonchev–Trinajstić information content (AvgIpc) is 2.98. The normalized spacial score (nSPS) is 26.7. The minimum Gasteiger partial charge on any atom is -0.338 e. The number of rotatable bonds is 3. The van der Waals surface area contributed by atoms with Crippen molar-refractivity contribution in [2.24, 2.45) is 11.8 Å². The molecule has 3 aliphatic heterocycles. The highest BCUT2D eigenvalue weighted by Gasteiger charge is 2.39. The van der Waals surface area contributed by atoms with Crippen LogP contribution in [0, 0.1) is 11.8 Å². The van der Waals surface area contributed by atoms with E-state index in [9.17, 15) is 9.59 Å². The number of amides is 2. The van der Waals surface area contributed by atoms with Gasteiger partial charge in [-0.05, 0) is 37.5 Å². The molecule has 6 nitrogen and oxygen atoms in total. The standard InChI is InChI=1S/C19H26N4O2/c24-18(9-14-3-1-2-4-14)23-12-15-5-6-16(23)13-22(11-15)19(25)17-10-20-7-8-21-17/h7-8,10,14-16H,1-6,9,11-13H2/t15-,16+/m0/s1. The van der Waals surface area contributed by atoms with Crippen molar-refractivity contribution in [3.8, 4) is 0 Å². The van der Waals surface area contributed by atoms with Gasteiger partial charge in [0.1, 0.15) is 5.69 Å². The van der Waals surface area contributed by atoms with Gasteiger partial charge >= 0.3 is 0 Å². The number of hydrogen-bond donors (Lipinski definition) is 0. The molecule has 0 unspecified atom stereocenters. The molecule has 0 N–H and O–H groups in total. The Balaban J connectivity index is 1.45. The van der Waals surface area contributed by atoms with Crippen molar-refractivity contribution in [3.63, 3.8) is 0 Å². The molecule has 1 aromatic heterocycles. The summed E-state index contributed by atoms with van der Waals surface area (Å²) in [6.07, 6.45) is 12.4. The summed E-state index contributed by atoms with van der Waals surface area (Å²) in [6, 6.07) is 0.160. The number of piperidine rings is 1. The van der Waals surface area contributed by atoms with Crippen LogP contribution in [0.3, 0.4) is 0 Å². The van der Waals surface area contributed by atoms with E-state index in [4.69, 9.17) is 0 Å². The highest BCUT2D eigenvalue weighted by Crippen LogP contribution is 2.32. The Bertz CT molecular complexity index is 630. The third-order valence-corrected chi connectivity index (χ3v) is 6.04. The molecule has 0 radical (unpaired) electrons. The molecular formula is C19H26N4O2. The summed E-state index contributed by atoms with van der Waals surface area (Å²) in [7, 11) is 0. The molecule has 4 aliphatic rings. The zero-order valence-corrected chi connectivity index (χ0v) is 14.6. The van der Waals surface area contributed by atoms with Crippen LogP contribution in [0.2, 0.25) is 0 Å². The van der Waals surface area contributed by atoms with Gasteiger partial charge in [0, 0.05) is 44.5 Å². The Hall–Kier alpha value is -1.98. The molecule has 1 aromatic rings. The Morgan fingerprint density at radius 3 is 2.64 bits per heavy atom. The van der Waals surface area contributed by atoms with Crippen LogP contribution in [0.25, 0.3) is 0 Å². The van der Waals surface area contributed by atoms with Gasteiger partial charge in [0.2, 0.25) is 5.91 Å². The van der Waals surface area contributed by atoms with E-state index in [0.717, 1.165) is 25.9 Å². The largest absolute Gasteiger partial charge is 0.338 e. The fourth-order valence-electron chi connectivity index (χ4n) is 4.70. The van der Waals surface area contributed by atoms with Crippen LogP contribution >= 0.6 is 0 Å². The molecule has 2 amide bonds. The molecule has 1 aliphatic carbocycles. The zero-order chi connectivity index (χ0) is 17.2. The molecule has 4 heterocycles. The van der Waals surface area contributed by atoms with Gasteiger partial charge in [0.15, 0.2) is 0 Å². The SMILES string of the molecule is O=C(c1cnccn1)N1C[C@@H]2CC[C@H](C1)N(C(=O)CC1CCCC1)C2. The van der Waals surface area contributed by atoms with Gasteiger partial charge in [-0.25, -0.2) is 4.98 Å². The summed E-state index contributed by atoms with van der Waals surface area (Å²) in [6.45, 7) is 2.15. The monoisotopic (exact) mass is 342 g/mol. The molecule has 5 rings (SSSR count). The zero-order valence-electron chi connectivity index (χ0n) is 14.6. The number of carbonyl (C=O) groups is 2. The van der Waals surface area contributed by atoms with Crippen molar-refractivity contribution >= 4 is 11.8 Å². The highest BCUT2D eigenvalue weighted by molar-refractivity contribution is 5.92. The van der Waals surface area contributed by atoms with Gasteiger partial charge in [0.05, 0.1) is 6.20 Å². The van der Waals surface area contributed by atoms with E-state index in [0.29, 0.717) is 36.4 Å². The molecule has 3 saturated heterocycles. The lowest BCUT2D eigenvalue weighted by molar-refractivity contribution is -0.136. The smallest absolute Gasteiger partial charge is 0.274 e. The maximum atomic E-state index is 12.8. The topological polar surface area (TPSA) is 66.4 Å².